The standard InChI is InChI=1S/C16H12O6/c1-9(16(18)19)4-6-21-15-13-11(5-7-20-13)8-10-2-3-12(17)22-14(10)15/h2-5,7-8H,6H2,1H3,(H,18,19)/b9-4+. The Morgan fingerprint density at radius 2 is 2.05 bits per heavy atom. The monoisotopic (exact) mass is 300 g/mol. The zero-order valence-corrected chi connectivity index (χ0v) is 11.7. The van der Waals surface area contributed by atoms with Crippen LogP contribution in [-0.4, -0.2) is 17.7 Å². The molecule has 0 fully saturated rings. The molecule has 6 heteroatoms. The van der Waals surface area contributed by atoms with Crippen LogP contribution >= 0.6 is 0 Å². The maximum Gasteiger partial charge on any atom is 0.336 e. The second kappa shape index (κ2) is 5.40. The zero-order valence-electron chi connectivity index (χ0n) is 11.7. The number of aliphatic carboxylic acids is 1. The van der Waals surface area contributed by atoms with E-state index in [2.05, 4.69) is 0 Å². The minimum absolute atomic E-state index is 0.0195. The maximum absolute atomic E-state index is 11.4. The van der Waals surface area contributed by atoms with Crippen LogP contribution in [0.1, 0.15) is 6.92 Å². The molecule has 0 spiro atoms. The van der Waals surface area contributed by atoms with Crippen molar-refractivity contribution in [2.45, 2.75) is 6.92 Å². The van der Waals surface area contributed by atoms with Crippen LogP contribution in [0.4, 0.5) is 0 Å². The van der Waals surface area contributed by atoms with E-state index in [4.69, 9.17) is 18.7 Å². The fourth-order valence-corrected chi connectivity index (χ4v) is 2.07. The van der Waals surface area contributed by atoms with Crippen molar-refractivity contribution in [3.05, 3.63) is 52.6 Å². The van der Waals surface area contributed by atoms with Crippen molar-refractivity contribution in [2.24, 2.45) is 0 Å². The Labute approximate surface area is 124 Å². The molecule has 2 heterocycles. The van der Waals surface area contributed by atoms with Crippen LogP contribution in [0.3, 0.4) is 0 Å². The van der Waals surface area contributed by atoms with E-state index in [9.17, 15) is 9.59 Å². The molecule has 0 amide bonds. The third-order valence-electron chi connectivity index (χ3n) is 3.24. The smallest absolute Gasteiger partial charge is 0.336 e. The molecule has 1 aromatic carbocycles. The molecule has 0 atom stereocenters. The van der Waals surface area contributed by atoms with E-state index in [1.165, 1.54) is 25.3 Å². The van der Waals surface area contributed by atoms with Gasteiger partial charge in [-0.15, -0.1) is 0 Å². The summed E-state index contributed by atoms with van der Waals surface area (Å²) in [6.07, 6.45) is 2.93. The van der Waals surface area contributed by atoms with Gasteiger partial charge in [-0.05, 0) is 31.2 Å². The van der Waals surface area contributed by atoms with Crippen molar-refractivity contribution >= 4 is 27.9 Å². The summed E-state index contributed by atoms with van der Waals surface area (Å²) in [7, 11) is 0. The Morgan fingerprint density at radius 3 is 2.82 bits per heavy atom. The van der Waals surface area contributed by atoms with Crippen LogP contribution < -0.4 is 10.4 Å². The second-order valence-corrected chi connectivity index (χ2v) is 4.72. The van der Waals surface area contributed by atoms with E-state index in [1.807, 2.05) is 6.07 Å². The molecule has 6 nitrogen and oxygen atoms in total. The van der Waals surface area contributed by atoms with Crippen molar-refractivity contribution in [1.82, 2.24) is 0 Å². The summed E-state index contributed by atoms with van der Waals surface area (Å²) < 4.78 is 16.2. The van der Waals surface area contributed by atoms with Gasteiger partial charge in [0.2, 0.25) is 5.75 Å². The van der Waals surface area contributed by atoms with Crippen molar-refractivity contribution in [3.63, 3.8) is 0 Å². The van der Waals surface area contributed by atoms with E-state index in [0.717, 1.165) is 5.39 Å². The normalized spacial score (nSPS) is 12.0. The van der Waals surface area contributed by atoms with Crippen LogP contribution in [0.25, 0.3) is 21.9 Å². The van der Waals surface area contributed by atoms with Crippen LogP contribution in [0, 0.1) is 0 Å². The number of benzene rings is 1. The summed E-state index contributed by atoms with van der Waals surface area (Å²) in [6, 6.07) is 6.55. The Bertz CT molecular complexity index is 944. The first kappa shape index (κ1) is 13.9. The van der Waals surface area contributed by atoms with Gasteiger partial charge in [-0.3, -0.25) is 0 Å². The van der Waals surface area contributed by atoms with E-state index < -0.39 is 11.6 Å². The van der Waals surface area contributed by atoms with Crippen molar-refractivity contribution in [3.8, 4) is 5.75 Å². The minimum atomic E-state index is -1.02. The Morgan fingerprint density at radius 1 is 1.27 bits per heavy atom. The van der Waals surface area contributed by atoms with Crippen LogP contribution in [-0.2, 0) is 4.79 Å². The molecule has 1 N–H and O–H groups in total. The molecule has 22 heavy (non-hydrogen) atoms. The predicted octanol–water partition coefficient (Wildman–Crippen LogP) is 2.95. The van der Waals surface area contributed by atoms with Gasteiger partial charge in [-0.2, -0.15) is 0 Å². The number of fused-ring (bicyclic) bond motifs is 2. The first-order chi connectivity index (χ1) is 10.6. The Kier molecular flexibility index (Phi) is 3.42. The third-order valence-corrected chi connectivity index (χ3v) is 3.24. The van der Waals surface area contributed by atoms with Gasteiger partial charge in [-0.25, -0.2) is 9.59 Å². The number of ether oxygens (including phenoxy) is 1. The third kappa shape index (κ3) is 2.46. The first-order valence-electron chi connectivity index (χ1n) is 6.53. The largest absolute Gasteiger partial charge is 0.482 e. The van der Waals surface area contributed by atoms with Crippen molar-refractivity contribution in [2.75, 3.05) is 6.61 Å². The molecule has 0 bridgehead atoms. The Balaban J connectivity index is 2.10. The molecule has 112 valence electrons. The lowest BCUT2D eigenvalue weighted by Gasteiger charge is -2.07. The van der Waals surface area contributed by atoms with E-state index >= 15 is 0 Å². The van der Waals surface area contributed by atoms with Crippen LogP contribution in [0.2, 0.25) is 0 Å². The van der Waals surface area contributed by atoms with E-state index in [1.54, 1.807) is 12.1 Å². The lowest BCUT2D eigenvalue weighted by atomic mass is 10.1. The summed E-state index contributed by atoms with van der Waals surface area (Å²) >= 11 is 0. The molecule has 0 aliphatic rings. The fourth-order valence-electron chi connectivity index (χ4n) is 2.07. The van der Waals surface area contributed by atoms with Crippen LogP contribution in [0.5, 0.6) is 5.75 Å². The van der Waals surface area contributed by atoms with Gasteiger partial charge in [0.15, 0.2) is 11.2 Å². The predicted molar refractivity (Wildman–Crippen MR) is 79.1 cm³/mol. The number of hydrogen-bond donors (Lipinski definition) is 1. The molecule has 0 aliphatic carbocycles. The molecule has 0 aliphatic heterocycles. The highest BCUT2D eigenvalue weighted by Gasteiger charge is 2.14. The highest BCUT2D eigenvalue weighted by molar-refractivity contribution is 5.99. The average molecular weight is 300 g/mol. The molecule has 3 aromatic rings. The molecule has 0 saturated heterocycles. The van der Waals surface area contributed by atoms with Crippen molar-refractivity contribution < 1.29 is 23.5 Å². The molecule has 3 rings (SSSR count). The summed E-state index contributed by atoms with van der Waals surface area (Å²) in [5, 5.41) is 10.3. The van der Waals surface area contributed by atoms with Gasteiger partial charge in [-0.1, -0.05) is 0 Å². The van der Waals surface area contributed by atoms with Gasteiger partial charge in [0, 0.05) is 22.4 Å². The zero-order chi connectivity index (χ0) is 15.7. The molecule has 2 aromatic heterocycles. The number of carbonyl (C=O) groups is 1. The van der Waals surface area contributed by atoms with Gasteiger partial charge in [0.1, 0.15) is 6.61 Å². The topological polar surface area (TPSA) is 89.9 Å². The molecule has 0 unspecified atom stereocenters. The highest BCUT2D eigenvalue weighted by Crippen LogP contribution is 2.34. The minimum Gasteiger partial charge on any atom is -0.482 e. The summed E-state index contributed by atoms with van der Waals surface area (Å²) in [5.74, 6) is -0.735. The number of rotatable bonds is 4. The molecular weight excluding hydrogens is 288 g/mol. The molecular formula is C16H12O6. The SMILES string of the molecule is C/C(=C\COc1c2occc2cc2ccc(=O)oc12)C(=O)O. The molecule has 0 saturated carbocycles. The highest BCUT2D eigenvalue weighted by atomic mass is 16.5. The summed E-state index contributed by atoms with van der Waals surface area (Å²) in [5.41, 5.74) is 0.387. The number of hydrogen-bond acceptors (Lipinski definition) is 5. The lowest BCUT2D eigenvalue weighted by Crippen LogP contribution is -2.02. The summed E-state index contributed by atoms with van der Waals surface area (Å²) in [4.78, 5) is 22.2. The van der Waals surface area contributed by atoms with Gasteiger partial charge < -0.3 is 18.7 Å². The second-order valence-electron chi connectivity index (χ2n) is 4.72. The van der Waals surface area contributed by atoms with E-state index in [-0.39, 0.29) is 23.5 Å². The van der Waals surface area contributed by atoms with E-state index in [0.29, 0.717) is 11.0 Å². The maximum atomic E-state index is 11.4. The number of carboxylic acid groups (broad SMARTS) is 1. The lowest BCUT2D eigenvalue weighted by molar-refractivity contribution is -0.132. The summed E-state index contributed by atoms with van der Waals surface area (Å²) in [6.45, 7) is 1.49. The fraction of sp³-hybridized carbons (Fsp3) is 0.125. The van der Waals surface area contributed by atoms with Gasteiger partial charge in [0.05, 0.1) is 6.26 Å². The number of furan rings is 1. The first-order valence-corrected chi connectivity index (χ1v) is 6.53. The van der Waals surface area contributed by atoms with Crippen molar-refractivity contribution in [1.29, 1.82) is 0 Å². The average Bonchev–Trinajstić information content (AvgIpc) is 2.94. The quantitative estimate of drug-likeness (QED) is 0.588. The Hall–Kier alpha value is -3.02. The van der Waals surface area contributed by atoms with Crippen LogP contribution in [0.15, 0.2) is 55.8 Å². The van der Waals surface area contributed by atoms with Gasteiger partial charge >= 0.3 is 11.6 Å². The number of carboxylic acids is 1. The molecule has 0 radical (unpaired) electrons. The van der Waals surface area contributed by atoms with Gasteiger partial charge in [0.25, 0.3) is 0 Å².